The Hall–Kier alpha value is -0.840. The summed E-state index contributed by atoms with van der Waals surface area (Å²) in [4.78, 5) is 5.11. The van der Waals surface area contributed by atoms with E-state index in [0.29, 0.717) is 6.04 Å². The highest BCUT2D eigenvalue weighted by molar-refractivity contribution is 5.21. The third-order valence-corrected chi connectivity index (χ3v) is 4.75. The molecule has 1 N–H and O–H groups in total. The first-order valence-corrected chi connectivity index (χ1v) is 8.40. The van der Waals surface area contributed by atoms with Crippen molar-refractivity contribution in [2.45, 2.75) is 58.8 Å². The van der Waals surface area contributed by atoms with Crippen molar-refractivity contribution in [1.29, 1.82) is 0 Å². The SMILES string of the molecule is Cc1oc(CNC2CC2)cc1CN1CCN(C(C)C)CC1. The van der Waals surface area contributed by atoms with Gasteiger partial charge >= 0.3 is 0 Å². The Kier molecular flexibility index (Phi) is 4.67. The molecule has 21 heavy (non-hydrogen) atoms. The molecule has 118 valence electrons. The van der Waals surface area contributed by atoms with Crippen LogP contribution < -0.4 is 5.32 Å². The van der Waals surface area contributed by atoms with Crippen LogP contribution in [0.4, 0.5) is 0 Å². The van der Waals surface area contributed by atoms with Crippen LogP contribution >= 0.6 is 0 Å². The van der Waals surface area contributed by atoms with E-state index in [9.17, 15) is 0 Å². The molecule has 0 unspecified atom stereocenters. The van der Waals surface area contributed by atoms with Gasteiger partial charge in [0.25, 0.3) is 0 Å². The molecule has 0 bridgehead atoms. The monoisotopic (exact) mass is 291 g/mol. The highest BCUT2D eigenvalue weighted by atomic mass is 16.3. The molecule has 0 atom stereocenters. The molecule has 2 fully saturated rings. The lowest BCUT2D eigenvalue weighted by Crippen LogP contribution is -2.48. The second-order valence-electron chi connectivity index (χ2n) is 6.86. The van der Waals surface area contributed by atoms with E-state index in [1.807, 2.05) is 0 Å². The minimum Gasteiger partial charge on any atom is -0.465 e. The van der Waals surface area contributed by atoms with Crippen LogP contribution in [0.2, 0.25) is 0 Å². The van der Waals surface area contributed by atoms with Gasteiger partial charge in [0.2, 0.25) is 0 Å². The maximum Gasteiger partial charge on any atom is 0.118 e. The zero-order valence-corrected chi connectivity index (χ0v) is 13.7. The van der Waals surface area contributed by atoms with Gasteiger partial charge in [-0.15, -0.1) is 0 Å². The first kappa shape index (κ1) is 15.1. The van der Waals surface area contributed by atoms with Gasteiger partial charge in [0.05, 0.1) is 6.54 Å². The molecule has 1 saturated carbocycles. The summed E-state index contributed by atoms with van der Waals surface area (Å²) in [5.41, 5.74) is 1.36. The van der Waals surface area contributed by atoms with E-state index < -0.39 is 0 Å². The van der Waals surface area contributed by atoms with E-state index in [2.05, 4.69) is 42.0 Å². The number of nitrogens with zero attached hydrogens (tertiary/aromatic N) is 2. The number of furan rings is 1. The van der Waals surface area contributed by atoms with Gasteiger partial charge < -0.3 is 9.73 Å². The molecule has 1 aromatic rings. The standard InChI is InChI=1S/C17H29N3O/c1-13(2)20-8-6-19(7-9-20)12-15-10-17(21-14(15)3)11-18-16-4-5-16/h10,13,16,18H,4-9,11-12H2,1-3H3. The minimum absolute atomic E-state index is 0.669. The second-order valence-corrected chi connectivity index (χ2v) is 6.86. The van der Waals surface area contributed by atoms with E-state index in [-0.39, 0.29) is 0 Å². The Morgan fingerprint density at radius 3 is 2.57 bits per heavy atom. The number of piperazine rings is 1. The number of nitrogens with one attached hydrogen (secondary N) is 1. The first-order chi connectivity index (χ1) is 10.1. The Labute approximate surface area is 128 Å². The number of hydrogen-bond acceptors (Lipinski definition) is 4. The van der Waals surface area contributed by atoms with Crippen LogP contribution in [-0.4, -0.2) is 48.1 Å². The van der Waals surface area contributed by atoms with Gasteiger partial charge in [-0.05, 0) is 39.7 Å². The van der Waals surface area contributed by atoms with E-state index >= 15 is 0 Å². The Morgan fingerprint density at radius 2 is 1.95 bits per heavy atom. The molecular formula is C17H29N3O. The van der Waals surface area contributed by atoms with Crippen molar-refractivity contribution >= 4 is 0 Å². The van der Waals surface area contributed by atoms with Crippen LogP contribution in [0.25, 0.3) is 0 Å². The molecule has 3 rings (SSSR count). The predicted octanol–water partition coefficient (Wildman–Crippen LogP) is 2.37. The largest absolute Gasteiger partial charge is 0.465 e. The highest BCUT2D eigenvalue weighted by Gasteiger charge is 2.22. The molecule has 1 saturated heterocycles. The van der Waals surface area contributed by atoms with Gasteiger partial charge in [0.1, 0.15) is 11.5 Å². The van der Waals surface area contributed by atoms with Crippen molar-refractivity contribution in [1.82, 2.24) is 15.1 Å². The van der Waals surface area contributed by atoms with Gasteiger partial charge in [-0.3, -0.25) is 9.80 Å². The fraction of sp³-hybridized carbons (Fsp3) is 0.765. The van der Waals surface area contributed by atoms with Crippen molar-refractivity contribution in [3.63, 3.8) is 0 Å². The summed E-state index contributed by atoms with van der Waals surface area (Å²) in [6.45, 7) is 13.3. The van der Waals surface area contributed by atoms with E-state index in [1.165, 1.54) is 44.6 Å². The summed E-state index contributed by atoms with van der Waals surface area (Å²) in [7, 11) is 0. The molecular weight excluding hydrogens is 262 g/mol. The van der Waals surface area contributed by atoms with Crippen LogP contribution in [0.5, 0.6) is 0 Å². The number of aryl methyl sites for hydroxylation is 1. The van der Waals surface area contributed by atoms with Crippen molar-refractivity contribution in [3.05, 3.63) is 23.2 Å². The van der Waals surface area contributed by atoms with Crippen LogP contribution in [-0.2, 0) is 13.1 Å². The quantitative estimate of drug-likeness (QED) is 0.872. The Balaban J connectivity index is 1.50. The topological polar surface area (TPSA) is 31.7 Å². The van der Waals surface area contributed by atoms with Gasteiger partial charge in [0.15, 0.2) is 0 Å². The summed E-state index contributed by atoms with van der Waals surface area (Å²) < 4.78 is 5.89. The number of rotatable bonds is 6. The fourth-order valence-corrected chi connectivity index (χ4v) is 3.04. The normalized spacial score (nSPS) is 21.3. The molecule has 4 heteroatoms. The second kappa shape index (κ2) is 6.51. The van der Waals surface area contributed by atoms with Crippen LogP contribution in [0.15, 0.2) is 10.5 Å². The van der Waals surface area contributed by atoms with Gasteiger partial charge in [0, 0.05) is 50.4 Å². The molecule has 1 aliphatic carbocycles. The van der Waals surface area contributed by atoms with Crippen LogP contribution in [0.3, 0.4) is 0 Å². The lowest BCUT2D eigenvalue weighted by atomic mass is 10.2. The van der Waals surface area contributed by atoms with E-state index in [0.717, 1.165) is 30.7 Å². The highest BCUT2D eigenvalue weighted by Crippen LogP contribution is 2.21. The van der Waals surface area contributed by atoms with Crippen molar-refractivity contribution in [3.8, 4) is 0 Å². The predicted molar refractivity (Wildman–Crippen MR) is 85.3 cm³/mol. The molecule has 0 radical (unpaired) electrons. The summed E-state index contributed by atoms with van der Waals surface area (Å²) in [5.74, 6) is 2.18. The molecule has 2 heterocycles. The van der Waals surface area contributed by atoms with Crippen molar-refractivity contribution in [2.75, 3.05) is 26.2 Å². The smallest absolute Gasteiger partial charge is 0.118 e. The zero-order valence-electron chi connectivity index (χ0n) is 13.7. The fourth-order valence-electron chi connectivity index (χ4n) is 3.04. The summed E-state index contributed by atoms with van der Waals surface area (Å²) in [6, 6.07) is 3.66. The van der Waals surface area contributed by atoms with Crippen LogP contribution in [0.1, 0.15) is 43.8 Å². The minimum atomic E-state index is 0.669. The molecule has 1 aliphatic heterocycles. The average molecular weight is 291 g/mol. The average Bonchev–Trinajstić information content (AvgIpc) is 3.23. The zero-order chi connectivity index (χ0) is 14.8. The Morgan fingerprint density at radius 1 is 1.24 bits per heavy atom. The first-order valence-electron chi connectivity index (χ1n) is 8.40. The third-order valence-electron chi connectivity index (χ3n) is 4.75. The van der Waals surface area contributed by atoms with Crippen LogP contribution in [0, 0.1) is 6.92 Å². The third kappa shape index (κ3) is 4.09. The van der Waals surface area contributed by atoms with Gasteiger partial charge in [-0.25, -0.2) is 0 Å². The molecule has 4 nitrogen and oxygen atoms in total. The molecule has 1 aromatic heterocycles. The Bertz CT molecular complexity index is 457. The number of hydrogen-bond donors (Lipinski definition) is 1. The van der Waals surface area contributed by atoms with Gasteiger partial charge in [-0.2, -0.15) is 0 Å². The molecule has 0 spiro atoms. The maximum absolute atomic E-state index is 5.89. The summed E-state index contributed by atoms with van der Waals surface area (Å²) in [5, 5.41) is 3.52. The van der Waals surface area contributed by atoms with Gasteiger partial charge in [-0.1, -0.05) is 0 Å². The maximum atomic E-state index is 5.89. The van der Waals surface area contributed by atoms with Crippen molar-refractivity contribution in [2.24, 2.45) is 0 Å². The summed E-state index contributed by atoms with van der Waals surface area (Å²) >= 11 is 0. The van der Waals surface area contributed by atoms with Crippen molar-refractivity contribution < 1.29 is 4.42 Å². The van der Waals surface area contributed by atoms with E-state index in [1.54, 1.807) is 0 Å². The molecule has 0 amide bonds. The summed E-state index contributed by atoms with van der Waals surface area (Å²) in [6.07, 6.45) is 2.65. The lowest BCUT2D eigenvalue weighted by Gasteiger charge is -2.36. The molecule has 0 aromatic carbocycles. The molecule has 2 aliphatic rings. The van der Waals surface area contributed by atoms with E-state index in [4.69, 9.17) is 4.42 Å². The lowest BCUT2D eigenvalue weighted by molar-refractivity contribution is 0.104.